The highest BCUT2D eigenvalue weighted by Gasteiger charge is 2.29. The van der Waals surface area contributed by atoms with Crippen molar-refractivity contribution in [3.8, 4) is 0 Å². The van der Waals surface area contributed by atoms with E-state index in [-0.39, 0.29) is 6.04 Å². The van der Waals surface area contributed by atoms with Crippen molar-refractivity contribution in [3.63, 3.8) is 0 Å². The second-order valence-corrected chi connectivity index (χ2v) is 6.88. The normalized spacial score (nSPS) is 32.2. The van der Waals surface area contributed by atoms with Crippen LogP contribution >= 0.6 is 11.8 Å². The summed E-state index contributed by atoms with van der Waals surface area (Å²) in [5.41, 5.74) is 0. The Morgan fingerprint density at radius 1 is 1.57 bits per heavy atom. The topological polar surface area (TPSA) is 46.5 Å². The molecule has 0 saturated heterocycles. The summed E-state index contributed by atoms with van der Waals surface area (Å²) in [4.78, 5) is 4.30. The highest BCUT2D eigenvalue weighted by molar-refractivity contribution is 8.10. The van der Waals surface area contributed by atoms with Gasteiger partial charge in [-0.15, -0.1) is 11.8 Å². The van der Waals surface area contributed by atoms with Gasteiger partial charge in [-0.3, -0.25) is 4.99 Å². The van der Waals surface area contributed by atoms with Gasteiger partial charge in [0.1, 0.15) is 5.04 Å². The Kier molecular flexibility index (Phi) is 2.70. The fourth-order valence-corrected chi connectivity index (χ4v) is 4.14. The molecule has 1 aliphatic carbocycles. The highest BCUT2D eigenvalue weighted by Crippen LogP contribution is 2.31. The van der Waals surface area contributed by atoms with Gasteiger partial charge in [0.2, 0.25) is 0 Å². The first-order valence-electron chi connectivity index (χ1n) is 4.62. The molecule has 0 amide bonds. The summed E-state index contributed by atoms with van der Waals surface area (Å²) in [7, 11) is -3.08. The summed E-state index contributed by atoms with van der Waals surface area (Å²) in [5.74, 6) is 0.549. The minimum absolute atomic E-state index is 0.0900. The number of aliphatic imine (C=N–C) groups is 1. The van der Waals surface area contributed by atoms with Crippen molar-refractivity contribution in [1.29, 1.82) is 0 Å². The summed E-state index contributed by atoms with van der Waals surface area (Å²) >= 11 is 1.72. The van der Waals surface area contributed by atoms with E-state index in [1.165, 1.54) is 6.26 Å². The maximum atomic E-state index is 11.3. The average Bonchev–Trinajstić information content (AvgIpc) is 2.16. The number of fused-ring (bicyclic) bond motifs is 1. The molecule has 1 aliphatic heterocycles. The summed E-state index contributed by atoms with van der Waals surface area (Å²) in [6.07, 6.45) is 7.57. The maximum Gasteiger partial charge on any atom is 0.189 e. The molecule has 0 fully saturated rings. The third-order valence-corrected chi connectivity index (χ3v) is 5.15. The summed E-state index contributed by atoms with van der Waals surface area (Å²) in [6.45, 7) is 0. The first kappa shape index (κ1) is 10.2. The number of sulfone groups is 1. The van der Waals surface area contributed by atoms with Gasteiger partial charge < -0.3 is 0 Å². The van der Waals surface area contributed by atoms with E-state index < -0.39 is 9.84 Å². The molecule has 0 N–H and O–H groups in total. The molecule has 0 spiro atoms. The van der Waals surface area contributed by atoms with Crippen molar-refractivity contribution in [2.45, 2.75) is 24.1 Å². The van der Waals surface area contributed by atoms with Gasteiger partial charge in [0, 0.05) is 17.3 Å². The molecular formula is C9H13NO2S2. The third-order valence-electron chi connectivity index (χ3n) is 2.47. The number of allylic oxidation sites excluding steroid dienone is 1. The van der Waals surface area contributed by atoms with Gasteiger partial charge in [-0.25, -0.2) is 8.42 Å². The Hall–Kier alpha value is -0.290. The van der Waals surface area contributed by atoms with E-state index in [0.717, 1.165) is 12.8 Å². The number of nitrogens with zero attached hydrogens (tertiary/aromatic N) is 1. The Labute approximate surface area is 88.6 Å². The van der Waals surface area contributed by atoms with Crippen LogP contribution in [0.4, 0.5) is 0 Å². The van der Waals surface area contributed by atoms with E-state index in [0.29, 0.717) is 16.0 Å². The number of rotatable bonds is 0. The van der Waals surface area contributed by atoms with Crippen LogP contribution in [0.2, 0.25) is 0 Å². The van der Waals surface area contributed by atoms with Crippen LogP contribution < -0.4 is 0 Å². The Morgan fingerprint density at radius 2 is 2.36 bits per heavy atom. The fourth-order valence-electron chi connectivity index (χ4n) is 1.68. The number of thioether (sulfide) groups is 1. The van der Waals surface area contributed by atoms with Gasteiger partial charge in [-0.2, -0.15) is 0 Å². The van der Waals surface area contributed by atoms with Crippen molar-refractivity contribution in [2.24, 2.45) is 4.99 Å². The molecule has 2 rings (SSSR count). The lowest BCUT2D eigenvalue weighted by Gasteiger charge is -2.28. The van der Waals surface area contributed by atoms with Crippen LogP contribution in [0.3, 0.4) is 0 Å². The molecule has 0 aromatic heterocycles. The molecule has 0 bridgehead atoms. The van der Waals surface area contributed by atoms with E-state index >= 15 is 0 Å². The first-order chi connectivity index (χ1) is 6.57. The zero-order chi connectivity index (χ0) is 10.2. The van der Waals surface area contributed by atoms with E-state index in [9.17, 15) is 8.42 Å². The second-order valence-electron chi connectivity index (χ2n) is 3.64. The zero-order valence-electron chi connectivity index (χ0n) is 8.01. The summed E-state index contributed by atoms with van der Waals surface area (Å²) in [6, 6.07) is 0.0900. The van der Waals surface area contributed by atoms with Gasteiger partial charge in [0.05, 0.1) is 6.04 Å². The maximum absolute atomic E-state index is 11.3. The lowest BCUT2D eigenvalue weighted by molar-refractivity contribution is 0.610. The van der Waals surface area contributed by atoms with Crippen LogP contribution in [0.25, 0.3) is 0 Å². The van der Waals surface area contributed by atoms with Crippen molar-refractivity contribution in [2.75, 3.05) is 12.0 Å². The summed E-state index contributed by atoms with van der Waals surface area (Å²) in [5, 5.41) is 0.848. The van der Waals surface area contributed by atoms with E-state index in [2.05, 4.69) is 11.1 Å². The van der Waals surface area contributed by atoms with Gasteiger partial charge in [-0.1, -0.05) is 12.2 Å². The lowest BCUT2D eigenvalue weighted by atomic mass is 10.0. The Bertz CT molecular complexity index is 384. The minimum Gasteiger partial charge on any atom is -0.268 e. The smallest absolute Gasteiger partial charge is 0.189 e. The van der Waals surface area contributed by atoms with Gasteiger partial charge in [0.25, 0.3) is 0 Å². The molecule has 1 heterocycles. The minimum atomic E-state index is -3.08. The van der Waals surface area contributed by atoms with Crippen LogP contribution in [0.15, 0.2) is 17.1 Å². The fraction of sp³-hybridized carbons (Fsp3) is 0.667. The van der Waals surface area contributed by atoms with Gasteiger partial charge >= 0.3 is 0 Å². The lowest BCUT2D eigenvalue weighted by Crippen LogP contribution is -2.32. The van der Waals surface area contributed by atoms with Gasteiger partial charge in [0.15, 0.2) is 9.84 Å². The molecule has 2 aliphatic rings. The molecule has 2 unspecified atom stereocenters. The Morgan fingerprint density at radius 3 is 3.07 bits per heavy atom. The van der Waals surface area contributed by atoms with Crippen molar-refractivity contribution in [1.82, 2.24) is 0 Å². The molecule has 0 saturated carbocycles. The van der Waals surface area contributed by atoms with Crippen molar-refractivity contribution >= 4 is 26.6 Å². The third kappa shape index (κ3) is 2.03. The molecule has 3 nitrogen and oxygen atoms in total. The highest BCUT2D eigenvalue weighted by atomic mass is 32.2. The van der Waals surface area contributed by atoms with Crippen molar-refractivity contribution in [3.05, 3.63) is 12.2 Å². The molecule has 2 atom stereocenters. The van der Waals surface area contributed by atoms with Crippen LogP contribution in [0, 0.1) is 0 Å². The quantitative estimate of drug-likeness (QED) is 0.590. The standard InChI is InChI=1S/C9H13NO2S2/c1-14(11,12)9-6-13-8-5-3-2-4-7(8)10-9/h2,4,7-8H,3,5-6H2,1H3. The molecule has 78 valence electrons. The van der Waals surface area contributed by atoms with Crippen LogP contribution in [0.5, 0.6) is 0 Å². The van der Waals surface area contributed by atoms with Crippen LogP contribution in [0.1, 0.15) is 12.8 Å². The monoisotopic (exact) mass is 231 g/mol. The average molecular weight is 231 g/mol. The SMILES string of the molecule is CS(=O)(=O)C1=NC2C=CCCC2SC1. The molecule has 5 heteroatoms. The predicted molar refractivity (Wildman–Crippen MR) is 60.7 cm³/mol. The first-order valence-corrected chi connectivity index (χ1v) is 7.56. The second kappa shape index (κ2) is 3.70. The number of hydrogen-bond acceptors (Lipinski definition) is 4. The van der Waals surface area contributed by atoms with E-state index in [4.69, 9.17) is 0 Å². The summed E-state index contributed by atoms with van der Waals surface area (Å²) < 4.78 is 22.6. The van der Waals surface area contributed by atoms with E-state index in [1.807, 2.05) is 6.08 Å². The predicted octanol–water partition coefficient (Wildman–Crippen LogP) is 1.26. The van der Waals surface area contributed by atoms with Gasteiger partial charge in [-0.05, 0) is 12.8 Å². The van der Waals surface area contributed by atoms with Crippen LogP contribution in [-0.2, 0) is 9.84 Å². The van der Waals surface area contributed by atoms with Crippen molar-refractivity contribution < 1.29 is 8.42 Å². The molecule has 0 radical (unpaired) electrons. The van der Waals surface area contributed by atoms with Crippen LogP contribution in [-0.4, -0.2) is 36.8 Å². The Balaban J connectivity index is 2.28. The molecule has 0 aromatic rings. The number of hydrogen-bond donors (Lipinski definition) is 0. The molecule has 0 aromatic carbocycles. The largest absolute Gasteiger partial charge is 0.268 e. The molecule has 14 heavy (non-hydrogen) atoms. The zero-order valence-corrected chi connectivity index (χ0v) is 9.64. The van der Waals surface area contributed by atoms with E-state index in [1.54, 1.807) is 11.8 Å². The molecular weight excluding hydrogens is 218 g/mol.